The van der Waals surface area contributed by atoms with Crippen LogP contribution >= 0.6 is 0 Å². The van der Waals surface area contributed by atoms with Crippen LogP contribution in [-0.2, 0) is 6.54 Å². The first-order valence-corrected chi connectivity index (χ1v) is 8.23. The monoisotopic (exact) mass is 310 g/mol. The van der Waals surface area contributed by atoms with Crippen LogP contribution in [0.4, 0.5) is 5.95 Å². The molecule has 0 saturated carbocycles. The molecule has 5 nitrogen and oxygen atoms in total. The van der Waals surface area contributed by atoms with E-state index in [4.69, 9.17) is 0 Å². The van der Waals surface area contributed by atoms with Crippen LogP contribution in [0.1, 0.15) is 41.7 Å². The highest BCUT2D eigenvalue weighted by atomic mass is 16.2. The molecule has 1 saturated heterocycles. The molecule has 1 aliphatic rings. The number of amides is 1. The Balaban J connectivity index is 1.65. The van der Waals surface area contributed by atoms with E-state index in [1.54, 1.807) is 12.3 Å². The zero-order valence-corrected chi connectivity index (χ0v) is 13.2. The van der Waals surface area contributed by atoms with E-state index in [9.17, 15) is 4.79 Å². The Morgan fingerprint density at radius 1 is 1.04 bits per heavy atom. The van der Waals surface area contributed by atoms with Gasteiger partial charge in [-0.1, -0.05) is 43.2 Å². The number of hydrogen-bond acceptors (Lipinski definition) is 4. The fourth-order valence-corrected chi connectivity index (χ4v) is 2.78. The van der Waals surface area contributed by atoms with E-state index in [1.165, 1.54) is 12.8 Å². The van der Waals surface area contributed by atoms with Gasteiger partial charge in [-0.15, -0.1) is 0 Å². The summed E-state index contributed by atoms with van der Waals surface area (Å²) in [6, 6.07) is 11.8. The summed E-state index contributed by atoms with van der Waals surface area (Å²) in [6.45, 7) is 2.30. The summed E-state index contributed by atoms with van der Waals surface area (Å²) in [6.07, 6.45) is 6.21. The van der Waals surface area contributed by atoms with Gasteiger partial charge in [0.05, 0.1) is 0 Å². The molecule has 1 N–H and O–H groups in total. The summed E-state index contributed by atoms with van der Waals surface area (Å²) >= 11 is 0. The lowest BCUT2D eigenvalue weighted by atomic mass is 10.2. The number of benzene rings is 1. The van der Waals surface area contributed by atoms with Crippen molar-refractivity contribution in [3.05, 3.63) is 53.9 Å². The molecular formula is C18H22N4O. The molecule has 1 aromatic carbocycles. The first-order chi connectivity index (χ1) is 11.3. The molecule has 1 fully saturated rings. The number of carbonyl (C=O) groups is 1. The van der Waals surface area contributed by atoms with Crippen LogP contribution in [0.25, 0.3) is 0 Å². The van der Waals surface area contributed by atoms with Crippen molar-refractivity contribution >= 4 is 11.9 Å². The first-order valence-electron chi connectivity index (χ1n) is 8.23. The van der Waals surface area contributed by atoms with Crippen molar-refractivity contribution < 1.29 is 4.79 Å². The van der Waals surface area contributed by atoms with Crippen LogP contribution in [-0.4, -0.2) is 33.9 Å². The SMILES string of the molecule is O=C(c1ccnc(NCc2ccccc2)n1)N1CCCCCC1. The van der Waals surface area contributed by atoms with Crippen LogP contribution < -0.4 is 5.32 Å². The molecule has 0 unspecified atom stereocenters. The van der Waals surface area contributed by atoms with Crippen LogP contribution in [0.15, 0.2) is 42.6 Å². The summed E-state index contributed by atoms with van der Waals surface area (Å²) in [5, 5.41) is 3.18. The Hall–Kier alpha value is -2.43. The Morgan fingerprint density at radius 2 is 1.78 bits per heavy atom. The maximum Gasteiger partial charge on any atom is 0.272 e. The van der Waals surface area contributed by atoms with Gasteiger partial charge < -0.3 is 10.2 Å². The average molecular weight is 310 g/mol. The van der Waals surface area contributed by atoms with Crippen molar-refractivity contribution in [1.82, 2.24) is 14.9 Å². The van der Waals surface area contributed by atoms with E-state index in [0.717, 1.165) is 31.5 Å². The fraction of sp³-hybridized carbons (Fsp3) is 0.389. The second-order valence-electron chi connectivity index (χ2n) is 5.81. The van der Waals surface area contributed by atoms with Crippen LogP contribution in [0, 0.1) is 0 Å². The molecular weight excluding hydrogens is 288 g/mol. The van der Waals surface area contributed by atoms with E-state index < -0.39 is 0 Å². The molecule has 2 aromatic rings. The van der Waals surface area contributed by atoms with Crippen molar-refractivity contribution in [2.45, 2.75) is 32.2 Å². The third kappa shape index (κ3) is 4.28. The normalized spacial score (nSPS) is 15.0. The molecule has 23 heavy (non-hydrogen) atoms. The maximum atomic E-state index is 12.6. The molecule has 1 amide bonds. The minimum absolute atomic E-state index is 0.0112. The minimum atomic E-state index is 0.0112. The Kier molecular flexibility index (Phi) is 5.19. The second-order valence-corrected chi connectivity index (χ2v) is 5.81. The predicted molar refractivity (Wildman–Crippen MR) is 90.2 cm³/mol. The summed E-state index contributed by atoms with van der Waals surface area (Å²) in [7, 11) is 0. The van der Waals surface area contributed by atoms with Crippen molar-refractivity contribution in [3.63, 3.8) is 0 Å². The third-order valence-electron chi connectivity index (χ3n) is 4.06. The van der Waals surface area contributed by atoms with Crippen LogP contribution in [0.2, 0.25) is 0 Å². The van der Waals surface area contributed by atoms with E-state index in [1.807, 2.05) is 35.2 Å². The summed E-state index contributed by atoms with van der Waals surface area (Å²) < 4.78 is 0. The van der Waals surface area contributed by atoms with Gasteiger partial charge in [0.1, 0.15) is 5.69 Å². The highest BCUT2D eigenvalue weighted by Gasteiger charge is 2.18. The minimum Gasteiger partial charge on any atom is -0.350 e. The number of hydrogen-bond donors (Lipinski definition) is 1. The molecule has 1 aromatic heterocycles. The van der Waals surface area contributed by atoms with Gasteiger partial charge in [-0.25, -0.2) is 9.97 Å². The molecule has 0 radical (unpaired) electrons. The third-order valence-corrected chi connectivity index (χ3v) is 4.06. The summed E-state index contributed by atoms with van der Waals surface area (Å²) in [5.74, 6) is 0.506. The highest BCUT2D eigenvalue weighted by molar-refractivity contribution is 5.92. The van der Waals surface area contributed by atoms with E-state index in [0.29, 0.717) is 18.2 Å². The fourth-order valence-electron chi connectivity index (χ4n) is 2.78. The van der Waals surface area contributed by atoms with Gasteiger partial charge >= 0.3 is 0 Å². The molecule has 1 aliphatic heterocycles. The number of nitrogens with one attached hydrogen (secondary N) is 1. The average Bonchev–Trinajstić information content (AvgIpc) is 2.90. The number of nitrogens with zero attached hydrogens (tertiary/aromatic N) is 3. The van der Waals surface area contributed by atoms with Gasteiger partial charge in [-0.2, -0.15) is 0 Å². The number of anilines is 1. The van der Waals surface area contributed by atoms with Gasteiger partial charge in [0.2, 0.25) is 5.95 Å². The zero-order chi connectivity index (χ0) is 15.9. The lowest BCUT2D eigenvalue weighted by molar-refractivity contribution is 0.0755. The molecule has 0 aliphatic carbocycles. The highest BCUT2D eigenvalue weighted by Crippen LogP contribution is 2.13. The van der Waals surface area contributed by atoms with Crippen molar-refractivity contribution in [3.8, 4) is 0 Å². The number of rotatable bonds is 4. The van der Waals surface area contributed by atoms with Gasteiger partial charge in [-0.3, -0.25) is 4.79 Å². The molecule has 120 valence electrons. The Morgan fingerprint density at radius 3 is 2.52 bits per heavy atom. The van der Waals surface area contributed by atoms with E-state index >= 15 is 0 Å². The molecule has 0 atom stereocenters. The quantitative estimate of drug-likeness (QED) is 0.942. The summed E-state index contributed by atoms with van der Waals surface area (Å²) in [4.78, 5) is 23.1. The molecule has 5 heteroatoms. The van der Waals surface area contributed by atoms with E-state index in [-0.39, 0.29) is 5.91 Å². The standard InChI is InChI=1S/C18H22N4O/c23-17(22-12-6-1-2-7-13-22)16-10-11-19-18(21-16)20-14-15-8-4-3-5-9-15/h3-5,8-11H,1-2,6-7,12-14H2,(H,19,20,21). The van der Waals surface area contributed by atoms with E-state index in [2.05, 4.69) is 15.3 Å². The molecule has 2 heterocycles. The first kappa shape index (κ1) is 15.5. The van der Waals surface area contributed by atoms with Gasteiger partial charge in [0.15, 0.2) is 0 Å². The van der Waals surface area contributed by atoms with Crippen molar-refractivity contribution in [1.29, 1.82) is 0 Å². The maximum absolute atomic E-state index is 12.6. The lowest BCUT2D eigenvalue weighted by Crippen LogP contribution is -2.32. The topological polar surface area (TPSA) is 58.1 Å². The molecule has 3 rings (SSSR count). The summed E-state index contributed by atoms with van der Waals surface area (Å²) in [5.41, 5.74) is 1.62. The van der Waals surface area contributed by atoms with Gasteiger partial charge in [-0.05, 0) is 24.5 Å². The zero-order valence-electron chi connectivity index (χ0n) is 13.2. The lowest BCUT2D eigenvalue weighted by Gasteiger charge is -2.19. The number of carbonyl (C=O) groups excluding carboxylic acids is 1. The Labute approximate surface area is 136 Å². The Bertz CT molecular complexity index is 636. The predicted octanol–water partition coefficient (Wildman–Crippen LogP) is 3.10. The van der Waals surface area contributed by atoms with Crippen molar-refractivity contribution in [2.75, 3.05) is 18.4 Å². The number of likely N-dealkylation sites (tertiary alicyclic amines) is 1. The van der Waals surface area contributed by atoms with Gasteiger partial charge in [0, 0.05) is 25.8 Å². The number of aromatic nitrogens is 2. The second kappa shape index (κ2) is 7.72. The largest absolute Gasteiger partial charge is 0.350 e. The molecule has 0 bridgehead atoms. The van der Waals surface area contributed by atoms with Crippen molar-refractivity contribution in [2.24, 2.45) is 0 Å². The van der Waals surface area contributed by atoms with Crippen LogP contribution in [0.5, 0.6) is 0 Å². The van der Waals surface area contributed by atoms with Crippen LogP contribution in [0.3, 0.4) is 0 Å². The molecule has 0 spiro atoms. The smallest absolute Gasteiger partial charge is 0.272 e. The van der Waals surface area contributed by atoms with Gasteiger partial charge in [0.25, 0.3) is 5.91 Å².